The van der Waals surface area contributed by atoms with Gasteiger partial charge in [-0.25, -0.2) is 9.97 Å². The summed E-state index contributed by atoms with van der Waals surface area (Å²) < 4.78 is 0. The van der Waals surface area contributed by atoms with Crippen molar-refractivity contribution in [1.29, 1.82) is 0 Å². The first kappa shape index (κ1) is 12.0. The van der Waals surface area contributed by atoms with Crippen molar-refractivity contribution in [2.24, 2.45) is 0 Å². The van der Waals surface area contributed by atoms with Gasteiger partial charge in [-0.15, -0.1) is 0 Å². The predicted molar refractivity (Wildman–Crippen MR) is 74.8 cm³/mol. The first-order valence-electron chi connectivity index (χ1n) is 6.61. The van der Waals surface area contributed by atoms with Crippen molar-refractivity contribution in [3.8, 4) is 11.1 Å². The Morgan fingerprint density at radius 2 is 1.95 bits per heavy atom. The van der Waals surface area contributed by atoms with Gasteiger partial charge in [-0.05, 0) is 37.1 Å². The number of aromatic nitrogens is 3. The number of hydrogen-bond donors (Lipinski definition) is 2. The van der Waals surface area contributed by atoms with Crippen LogP contribution in [0, 0.1) is 0 Å². The molecular weight excluding hydrogens is 238 g/mol. The molecule has 0 amide bonds. The lowest BCUT2D eigenvalue weighted by Gasteiger charge is -2.11. The molecule has 5 nitrogen and oxygen atoms in total. The number of nitrogens with one attached hydrogen (secondary N) is 2. The maximum Gasteiger partial charge on any atom is 0.222 e. The van der Waals surface area contributed by atoms with Crippen LogP contribution in [-0.2, 0) is 0 Å². The molecule has 0 saturated carbocycles. The maximum absolute atomic E-state index is 4.35. The summed E-state index contributed by atoms with van der Waals surface area (Å²) in [5.74, 6) is 0.687. The molecule has 1 fully saturated rings. The number of hydrogen-bond acceptors (Lipinski definition) is 5. The number of rotatable bonds is 4. The predicted octanol–water partition coefficient (Wildman–Crippen LogP) is 1.70. The summed E-state index contributed by atoms with van der Waals surface area (Å²) in [6, 6.07) is 4.45. The van der Waals surface area contributed by atoms with Crippen LogP contribution >= 0.6 is 0 Å². The van der Waals surface area contributed by atoms with E-state index in [0.29, 0.717) is 12.0 Å². The highest BCUT2D eigenvalue weighted by Gasteiger charge is 2.13. The lowest BCUT2D eigenvalue weighted by atomic mass is 10.1. The van der Waals surface area contributed by atoms with E-state index in [2.05, 4.69) is 25.6 Å². The van der Waals surface area contributed by atoms with Gasteiger partial charge in [0.25, 0.3) is 0 Å². The molecule has 0 aliphatic carbocycles. The first-order chi connectivity index (χ1) is 9.42. The van der Waals surface area contributed by atoms with Crippen LogP contribution in [-0.4, -0.2) is 34.1 Å². The van der Waals surface area contributed by atoms with E-state index in [0.717, 1.165) is 24.2 Å². The largest absolute Gasteiger partial charge is 0.353 e. The normalized spacial score (nSPS) is 18.4. The zero-order valence-electron chi connectivity index (χ0n) is 10.7. The molecule has 2 N–H and O–H groups in total. The van der Waals surface area contributed by atoms with Crippen LogP contribution in [0.1, 0.15) is 12.8 Å². The molecule has 1 saturated heterocycles. The molecule has 1 aliphatic rings. The van der Waals surface area contributed by atoms with Gasteiger partial charge in [-0.2, -0.15) is 0 Å². The fourth-order valence-electron chi connectivity index (χ4n) is 2.26. The third kappa shape index (κ3) is 3.06. The fraction of sp³-hybridized carbons (Fsp3) is 0.357. The third-order valence-corrected chi connectivity index (χ3v) is 3.33. The summed E-state index contributed by atoms with van der Waals surface area (Å²) in [6.45, 7) is 2.00. The second kappa shape index (κ2) is 5.75. The molecule has 0 aromatic carbocycles. The van der Waals surface area contributed by atoms with Crippen LogP contribution in [0.25, 0.3) is 11.1 Å². The molecule has 1 aliphatic heterocycles. The molecule has 0 spiro atoms. The van der Waals surface area contributed by atoms with Gasteiger partial charge < -0.3 is 10.6 Å². The van der Waals surface area contributed by atoms with Crippen molar-refractivity contribution in [2.75, 3.05) is 18.4 Å². The van der Waals surface area contributed by atoms with Crippen LogP contribution in [0.15, 0.2) is 36.9 Å². The van der Waals surface area contributed by atoms with Crippen molar-refractivity contribution in [2.45, 2.75) is 18.9 Å². The van der Waals surface area contributed by atoms with Crippen LogP contribution in [0.2, 0.25) is 0 Å². The van der Waals surface area contributed by atoms with E-state index in [9.17, 15) is 0 Å². The summed E-state index contributed by atoms with van der Waals surface area (Å²) in [5.41, 5.74) is 2.09. The Morgan fingerprint density at radius 3 is 2.63 bits per heavy atom. The van der Waals surface area contributed by atoms with Crippen LogP contribution in [0.4, 0.5) is 5.95 Å². The zero-order valence-corrected chi connectivity index (χ0v) is 10.7. The smallest absolute Gasteiger partial charge is 0.222 e. The first-order valence-corrected chi connectivity index (χ1v) is 6.61. The van der Waals surface area contributed by atoms with E-state index >= 15 is 0 Å². The quantitative estimate of drug-likeness (QED) is 0.870. The average molecular weight is 255 g/mol. The molecule has 2 aromatic heterocycles. The van der Waals surface area contributed by atoms with E-state index in [1.54, 1.807) is 12.4 Å². The van der Waals surface area contributed by atoms with E-state index in [4.69, 9.17) is 0 Å². The third-order valence-electron chi connectivity index (χ3n) is 3.33. The second-order valence-electron chi connectivity index (χ2n) is 4.71. The van der Waals surface area contributed by atoms with Gasteiger partial charge in [0.15, 0.2) is 0 Å². The minimum atomic E-state index is 0.545. The molecule has 2 aromatic rings. The summed E-state index contributed by atoms with van der Waals surface area (Å²) in [5, 5.41) is 6.71. The molecule has 1 unspecified atom stereocenters. The second-order valence-corrected chi connectivity index (χ2v) is 4.71. The highest BCUT2D eigenvalue weighted by Crippen LogP contribution is 2.16. The molecule has 98 valence electrons. The Kier molecular flexibility index (Phi) is 3.65. The van der Waals surface area contributed by atoms with Crippen molar-refractivity contribution >= 4 is 5.95 Å². The molecule has 0 radical (unpaired) electrons. The van der Waals surface area contributed by atoms with Crippen LogP contribution in [0.5, 0.6) is 0 Å². The Bertz CT molecular complexity index is 505. The van der Waals surface area contributed by atoms with Gasteiger partial charge in [0.2, 0.25) is 5.95 Å². The van der Waals surface area contributed by atoms with E-state index in [1.165, 1.54) is 12.8 Å². The van der Waals surface area contributed by atoms with Crippen molar-refractivity contribution in [3.63, 3.8) is 0 Å². The minimum absolute atomic E-state index is 0.545. The van der Waals surface area contributed by atoms with Gasteiger partial charge in [0.1, 0.15) is 0 Å². The van der Waals surface area contributed by atoms with E-state index in [-0.39, 0.29) is 0 Å². The Morgan fingerprint density at radius 1 is 1.16 bits per heavy atom. The zero-order chi connectivity index (χ0) is 12.9. The summed E-state index contributed by atoms with van der Waals surface area (Å²) in [4.78, 5) is 12.7. The fourth-order valence-corrected chi connectivity index (χ4v) is 2.26. The SMILES string of the molecule is c1cc(-c2cnc(NCC3CCCN3)nc2)ccn1. The standard InChI is InChI=1S/C14H17N5/c1-2-13(16-5-1)10-19-14-17-8-12(9-18-14)11-3-6-15-7-4-11/h3-4,6-9,13,16H,1-2,5,10H2,(H,17,18,19). The lowest BCUT2D eigenvalue weighted by molar-refractivity contribution is 0.631. The molecule has 0 bridgehead atoms. The number of pyridine rings is 1. The van der Waals surface area contributed by atoms with Gasteiger partial charge >= 0.3 is 0 Å². The van der Waals surface area contributed by atoms with Crippen molar-refractivity contribution in [3.05, 3.63) is 36.9 Å². The lowest BCUT2D eigenvalue weighted by Crippen LogP contribution is -2.29. The van der Waals surface area contributed by atoms with Gasteiger partial charge in [-0.3, -0.25) is 4.98 Å². The highest BCUT2D eigenvalue weighted by atomic mass is 15.1. The van der Waals surface area contributed by atoms with E-state index < -0.39 is 0 Å². The Hall–Kier alpha value is -2.01. The number of anilines is 1. The Balaban J connectivity index is 1.62. The summed E-state index contributed by atoms with van der Waals surface area (Å²) in [7, 11) is 0. The highest BCUT2D eigenvalue weighted by molar-refractivity contribution is 5.61. The van der Waals surface area contributed by atoms with Crippen LogP contribution < -0.4 is 10.6 Å². The average Bonchev–Trinajstić information content (AvgIpc) is 3.00. The van der Waals surface area contributed by atoms with Crippen LogP contribution in [0.3, 0.4) is 0 Å². The topological polar surface area (TPSA) is 62.7 Å². The van der Waals surface area contributed by atoms with Crippen molar-refractivity contribution in [1.82, 2.24) is 20.3 Å². The molecule has 3 heterocycles. The monoisotopic (exact) mass is 255 g/mol. The number of nitrogens with zero attached hydrogens (tertiary/aromatic N) is 3. The molecular formula is C14H17N5. The molecule has 3 rings (SSSR count). The molecule has 1 atom stereocenters. The summed E-state index contributed by atoms with van der Waals surface area (Å²) in [6.07, 6.45) is 9.70. The van der Waals surface area contributed by atoms with Gasteiger partial charge in [0, 0.05) is 42.9 Å². The molecule has 5 heteroatoms. The maximum atomic E-state index is 4.35. The molecule has 19 heavy (non-hydrogen) atoms. The Labute approximate surface area is 112 Å². The van der Waals surface area contributed by atoms with Gasteiger partial charge in [0.05, 0.1) is 0 Å². The summed E-state index contributed by atoms with van der Waals surface area (Å²) >= 11 is 0. The minimum Gasteiger partial charge on any atom is -0.353 e. The van der Waals surface area contributed by atoms with E-state index in [1.807, 2.05) is 24.5 Å². The van der Waals surface area contributed by atoms with Crippen molar-refractivity contribution < 1.29 is 0 Å². The van der Waals surface area contributed by atoms with Gasteiger partial charge in [-0.1, -0.05) is 0 Å².